The van der Waals surface area contributed by atoms with E-state index < -0.39 is 27.6 Å². The van der Waals surface area contributed by atoms with Crippen LogP contribution in [-0.2, 0) is 14.8 Å². The number of nitrogens with one attached hydrogen (secondary N) is 2. The summed E-state index contributed by atoms with van der Waals surface area (Å²) in [6.07, 6.45) is 0.589. The van der Waals surface area contributed by atoms with Crippen molar-refractivity contribution in [2.75, 3.05) is 36.4 Å². The van der Waals surface area contributed by atoms with Crippen LogP contribution in [0.3, 0.4) is 0 Å². The molecule has 0 spiro atoms. The molecule has 2 aliphatic heterocycles. The molecular formula is C21H22F2N4O4S. The average molecular weight is 464 g/mol. The molecule has 0 aliphatic carbocycles. The van der Waals surface area contributed by atoms with Gasteiger partial charge in [0, 0.05) is 43.5 Å². The van der Waals surface area contributed by atoms with Crippen molar-refractivity contribution in [1.29, 1.82) is 0 Å². The Morgan fingerprint density at radius 1 is 1.03 bits per heavy atom. The molecule has 2 heterocycles. The molecule has 2 aromatic rings. The van der Waals surface area contributed by atoms with Crippen LogP contribution in [0.2, 0.25) is 0 Å². The van der Waals surface area contributed by atoms with Gasteiger partial charge in [0.25, 0.3) is 0 Å². The van der Waals surface area contributed by atoms with E-state index in [-0.39, 0.29) is 29.9 Å². The number of anilines is 2. The molecule has 2 saturated heterocycles. The Morgan fingerprint density at radius 3 is 2.44 bits per heavy atom. The second-order valence-electron chi connectivity index (χ2n) is 7.68. The van der Waals surface area contributed by atoms with Crippen LogP contribution in [0.4, 0.5) is 25.0 Å². The highest BCUT2D eigenvalue weighted by atomic mass is 32.2. The molecule has 0 atom stereocenters. The van der Waals surface area contributed by atoms with E-state index in [9.17, 15) is 26.8 Å². The summed E-state index contributed by atoms with van der Waals surface area (Å²) in [5.74, 6) is -2.98. The van der Waals surface area contributed by atoms with E-state index in [0.717, 1.165) is 12.1 Å². The molecule has 0 radical (unpaired) electrons. The van der Waals surface area contributed by atoms with Gasteiger partial charge in [-0.25, -0.2) is 22.0 Å². The number of amides is 3. The number of nitrogens with zero attached hydrogens (tertiary/aromatic N) is 2. The number of hydrogen-bond acceptors (Lipinski definition) is 4. The molecule has 4 rings (SSSR count). The predicted molar refractivity (Wildman–Crippen MR) is 114 cm³/mol. The van der Waals surface area contributed by atoms with Gasteiger partial charge in [0.1, 0.15) is 0 Å². The predicted octanol–water partition coefficient (Wildman–Crippen LogP) is 2.53. The molecule has 2 fully saturated rings. The number of rotatable bonds is 5. The number of hydrogen-bond donors (Lipinski definition) is 2. The van der Waals surface area contributed by atoms with Crippen molar-refractivity contribution in [3.05, 3.63) is 54.1 Å². The Kier molecular flexibility index (Phi) is 6.11. The summed E-state index contributed by atoms with van der Waals surface area (Å²) in [6, 6.07) is 9.24. The molecule has 11 heteroatoms. The molecule has 2 N–H and O–H groups in total. The third-order valence-corrected chi connectivity index (χ3v) is 7.53. The van der Waals surface area contributed by atoms with Crippen LogP contribution in [0, 0.1) is 17.6 Å². The fraction of sp³-hybridized carbons (Fsp3) is 0.333. The summed E-state index contributed by atoms with van der Waals surface area (Å²) >= 11 is 0. The lowest BCUT2D eigenvalue weighted by molar-refractivity contribution is -0.120. The van der Waals surface area contributed by atoms with E-state index in [1.54, 1.807) is 29.2 Å². The van der Waals surface area contributed by atoms with E-state index in [0.29, 0.717) is 43.4 Å². The van der Waals surface area contributed by atoms with Gasteiger partial charge >= 0.3 is 6.03 Å². The van der Waals surface area contributed by atoms with Gasteiger partial charge in [-0.15, -0.1) is 0 Å². The summed E-state index contributed by atoms with van der Waals surface area (Å²) in [7, 11) is -3.98. The molecule has 32 heavy (non-hydrogen) atoms. The zero-order valence-corrected chi connectivity index (χ0v) is 17.9. The van der Waals surface area contributed by atoms with Gasteiger partial charge in [0.15, 0.2) is 11.6 Å². The molecule has 8 nitrogen and oxygen atoms in total. The Hall–Kier alpha value is -3.05. The first-order valence-electron chi connectivity index (χ1n) is 10.2. The fourth-order valence-corrected chi connectivity index (χ4v) is 5.34. The van der Waals surface area contributed by atoms with E-state index in [1.807, 2.05) is 0 Å². The van der Waals surface area contributed by atoms with Crippen LogP contribution in [0.15, 0.2) is 47.4 Å². The number of carbonyl (C=O) groups excluding carboxylic acids is 2. The maximum absolute atomic E-state index is 13.5. The third kappa shape index (κ3) is 4.44. The van der Waals surface area contributed by atoms with Crippen molar-refractivity contribution >= 4 is 33.3 Å². The third-order valence-electron chi connectivity index (χ3n) is 5.64. The fourth-order valence-electron chi connectivity index (χ4n) is 3.86. The number of halogens is 2. The number of urea groups is 1. The van der Waals surface area contributed by atoms with Gasteiger partial charge < -0.3 is 10.6 Å². The second-order valence-corrected chi connectivity index (χ2v) is 9.62. The Bertz CT molecular complexity index is 1150. The van der Waals surface area contributed by atoms with Crippen LogP contribution in [0.25, 0.3) is 0 Å². The standard InChI is InChI=1S/C21H22F2N4O4S/c22-18-5-4-17(13-19(18)23)32(30,31)26-9-6-14(7-10-26)20(28)25-15-2-1-3-16(12-15)27-11-8-24-21(27)29/h1-5,12-14H,6-11H2,(H,24,29)(H,25,28). The van der Waals surface area contributed by atoms with Crippen LogP contribution < -0.4 is 15.5 Å². The lowest BCUT2D eigenvalue weighted by atomic mass is 9.97. The lowest BCUT2D eigenvalue weighted by Crippen LogP contribution is -2.41. The number of piperidine rings is 1. The van der Waals surface area contributed by atoms with Gasteiger partial charge in [-0.3, -0.25) is 9.69 Å². The van der Waals surface area contributed by atoms with E-state index in [4.69, 9.17) is 0 Å². The van der Waals surface area contributed by atoms with Gasteiger partial charge in [-0.2, -0.15) is 4.31 Å². The number of carbonyl (C=O) groups is 2. The highest BCUT2D eigenvalue weighted by molar-refractivity contribution is 7.89. The van der Waals surface area contributed by atoms with Gasteiger partial charge in [-0.05, 0) is 49.2 Å². The maximum atomic E-state index is 13.5. The topological polar surface area (TPSA) is 98.8 Å². The van der Waals surface area contributed by atoms with Crippen LogP contribution in [0.1, 0.15) is 12.8 Å². The average Bonchev–Trinajstić information content (AvgIpc) is 3.21. The summed E-state index contributed by atoms with van der Waals surface area (Å²) in [4.78, 5) is 25.8. The maximum Gasteiger partial charge on any atom is 0.321 e. The summed E-state index contributed by atoms with van der Waals surface area (Å²) in [5.41, 5.74) is 1.22. The van der Waals surface area contributed by atoms with Crippen molar-refractivity contribution in [3.63, 3.8) is 0 Å². The minimum absolute atomic E-state index is 0.0907. The smallest absolute Gasteiger partial charge is 0.321 e. The zero-order valence-electron chi connectivity index (χ0n) is 17.1. The number of benzene rings is 2. The normalized spacial score (nSPS) is 17.9. The van der Waals surface area contributed by atoms with Crippen LogP contribution in [-0.4, -0.2) is 50.8 Å². The van der Waals surface area contributed by atoms with Crippen molar-refractivity contribution in [3.8, 4) is 0 Å². The summed E-state index contributed by atoms with van der Waals surface area (Å²) in [5, 5.41) is 5.55. The molecule has 0 bridgehead atoms. The largest absolute Gasteiger partial charge is 0.336 e. The highest BCUT2D eigenvalue weighted by Crippen LogP contribution is 2.27. The lowest BCUT2D eigenvalue weighted by Gasteiger charge is -2.30. The molecule has 3 amide bonds. The van der Waals surface area contributed by atoms with Crippen molar-refractivity contribution in [1.82, 2.24) is 9.62 Å². The quantitative estimate of drug-likeness (QED) is 0.711. The van der Waals surface area contributed by atoms with Crippen LogP contribution in [0.5, 0.6) is 0 Å². The van der Waals surface area contributed by atoms with E-state index in [2.05, 4.69) is 10.6 Å². The zero-order chi connectivity index (χ0) is 22.9. The van der Waals surface area contributed by atoms with E-state index in [1.165, 1.54) is 4.31 Å². The van der Waals surface area contributed by atoms with Gasteiger partial charge in [0.05, 0.1) is 4.90 Å². The SMILES string of the molecule is O=C(Nc1cccc(N2CCNC2=O)c1)C1CCN(S(=O)(=O)c2ccc(F)c(F)c2)CC1. The minimum atomic E-state index is -3.98. The molecule has 2 aliphatic rings. The second kappa shape index (κ2) is 8.83. The molecular weight excluding hydrogens is 442 g/mol. The van der Waals surface area contributed by atoms with Crippen LogP contribution >= 0.6 is 0 Å². The Balaban J connectivity index is 1.37. The molecule has 2 aromatic carbocycles. The first-order valence-corrected chi connectivity index (χ1v) is 11.6. The summed E-state index contributed by atoms with van der Waals surface area (Å²) in [6.45, 7) is 1.28. The molecule has 0 saturated carbocycles. The molecule has 0 aromatic heterocycles. The Morgan fingerprint density at radius 2 is 1.78 bits per heavy atom. The molecule has 0 unspecified atom stereocenters. The molecule has 170 valence electrons. The monoisotopic (exact) mass is 464 g/mol. The van der Waals surface area contributed by atoms with Crippen molar-refractivity contribution in [2.24, 2.45) is 5.92 Å². The first kappa shape index (κ1) is 22.2. The number of sulfonamides is 1. The highest BCUT2D eigenvalue weighted by Gasteiger charge is 2.32. The van der Waals surface area contributed by atoms with Crippen molar-refractivity contribution < 1.29 is 26.8 Å². The van der Waals surface area contributed by atoms with E-state index >= 15 is 0 Å². The minimum Gasteiger partial charge on any atom is -0.336 e. The van der Waals surface area contributed by atoms with Gasteiger partial charge in [-0.1, -0.05) is 6.07 Å². The summed E-state index contributed by atoms with van der Waals surface area (Å²) < 4.78 is 53.2. The Labute approximate surface area is 184 Å². The first-order chi connectivity index (χ1) is 15.3. The van der Waals surface area contributed by atoms with Crippen molar-refractivity contribution in [2.45, 2.75) is 17.7 Å². The van der Waals surface area contributed by atoms with Gasteiger partial charge in [0.2, 0.25) is 15.9 Å².